The van der Waals surface area contributed by atoms with Crippen LogP contribution in [0.15, 0.2) is 47.6 Å². The van der Waals surface area contributed by atoms with Crippen LogP contribution in [-0.4, -0.2) is 12.1 Å². The van der Waals surface area contributed by atoms with Gasteiger partial charge in [0.15, 0.2) is 0 Å². The molecule has 0 bridgehead atoms. The molecule has 4 nitrogen and oxygen atoms in total. The molecule has 1 amide bonds. The highest BCUT2D eigenvalue weighted by Crippen LogP contribution is 2.23. The molecule has 0 fully saturated rings. The van der Waals surface area contributed by atoms with Gasteiger partial charge in [-0.15, -0.1) is 0 Å². The van der Waals surface area contributed by atoms with Gasteiger partial charge < -0.3 is 4.74 Å². The number of ether oxygens (including phenoxy) is 1. The van der Waals surface area contributed by atoms with Crippen molar-refractivity contribution in [2.24, 2.45) is 5.10 Å². The molecule has 22 heavy (non-hydrogen) atoms. The second kappa shape index (κ2) is 7.82. The van der Waals surface area contributed by atoms with Crippen LogP contribution in [0.5, 0.6) is 5.75 Å². The van der Waals surface area contributed by atoms with Gasteiger partial charge >= 0.3 is 0 Å². The number of hydrogen-bond acceptors (Lipinski definition) is 3. The van der Waals surface area contributed by atoms with E-state index in [1.165, 1.54) is 13.1 Å². The Hall–Kier alpha value is -2.04. The summed E-state index contributed by atoms with van der Waals surface area (Å²) in [6.45, 7) is 1.70. The summed E-state index contributed by atoms with van der Waals surface area (Å²) < 4.78 is 5.77. The van der Waals surface area contributed by atoms with E-state index in [0.717, 1.165) is 11.1 Å². The smallest absolute Gasteiger partial charge is 0.236 e. The lowest BCUT2D eigenvalue weighted by molar-refractivity contribution is -0.118. The van der Waals surface area contributed by atoms with Crippen LogP contribution in [0.25, 0.3) is 0 Å². The highest BCUT2D eigenvalue weighted by molar-refractivity contribution is 6.35. The molecule has 0 aliphatic heterocycles. The molecule has 114 valence electrons. The minimum absolute atomic E-state index is 0.234. The van der Waals surface area contributed by atoms with Crippen LogP contribution in [0.1, 0.15) is 18.1 Å². The third kappa shape index (κ3) is 4.76. The molecular formula is C16H14Cl2N2O2. The average Bonchev–Trinajstić information content (AvgIpc) is 2.47. The number of benzene rings is 2. The van der Waals surface area contributed by atoms with Gasteiger partial charge in [-0.3, -0.25) is 4.79 Å². The summed E-state index contributed by atoms with van der Waals surface area (Å²) in [6.07, 6.45) is 1.53. The van der Waals surface area contributed by atoms with Crippen LogP contribution < -0.4 is 10.2 Å². The summed E-state index contributed by atoms with van der Waals surface area (Å²) in [7, 11) is 0. The number of hydrogen-bond donors (Lipinski definition) is 1. The zero-order valence-corrected chi connectivity index (χ0v) is 13.4. The van der Waals surface area contributed by atoms with E-state index in [-0.39, 0.29) is 5.91 Å². The fraction of sp³-hybridized carbons (Fsp3) is 0.125. The van der Waals surface area contributed by atoms with Gasteiger partial charge in [0.1, 0.15) is 12.4 Å². The van der Waals surface area contributed by atoms with E-state index in [1.54, 1.807) is 12.1 Å². The normalized spacial score (nSPS) is 10.7. The van der Waals surface area contributed by atoms with Crippen molar-refractivity contribution in [1.82, 2.24) is 5.43 Å². The lowest BCUT2D eigenvalue weighted by Gasteiger charge is -2.10. The maximum Gasteiger partial charge on any atom is 0.236 e. The molecular weight excluding hydrogens is 323 g/mol. The van der Waals surface area contributed by atoms with Crippen LogP contribution in [0.3, 0.4) is 0 Å². The molecule has 0 saturated heterocycles. The summed E-state index contributed by atoms with van der Waals surface area (Å²) in [5.41, 5.74) is 3.93. The topological polar surface area (TPSA) is 50.7 Å². The zero-order valence-electron chi connectivity index (χ0n) is 11.8. The number of halogens is 2. The molecule has 2 rings (SSSR count). The monoisotopic (exact) mass is 336 g/mol. The molecule has 0 unspecified atom stereocenters. The van der Waals surface area contributed by atoms with Crippen molar-refractivity contribution in [2.45, 2.75) is 13.5 Å². The lowest BCUT2D eigenvalue weighted by Crippen LogP contribution is -2.12. The van der Waals surface area contributed by atoms with Crippen LogP contribution in [0.4, 0.5) is 0 Å². The molecule has 1 N–H and O–H groups in total. The van der Waals surface area contributed by atoms with Crippen LogP contribution in [-0.2, 0) is 11.4 Å². The summed E-state index contributed by atoms with van der Waals surface area (Å²) in [5, 5.41) is 4.97. The Balaban J connectivity index is 2.09. The predicted octanol–water partition coefficient (Wildman–Crippen LogP) is 4.04. The first-order valence-electron chi connectivity index (χ1n) is 6.51. The fourth-order valence-electron chi connectivity index (χ4n) is 1.71. The average molecular weight is 337 g/mol. The van der Waals surface area contributed by atoms with Crippen molar-refractivity contribution in [3.63, 3.8) is 0 Å². The highest BCUT2D eigenvalue weighted by Gasteiger charge is 2.05. The van der Waals surface area contributed by atoms with Gasteiger partial charge in [0, 0.05) is 28.1 Å². The molecule has 0 heterocycles. The number of nitrogens with zero attached hydrogens (tertiary/aromatic N) is 1. The Bertz CT molecular complexity index is 702. The van der Waals surface area contributed by atoms with E-state index in [0.29, 0.717) is 22.4 Å². The Morgan fingerprint density at radius 2 is 2.05 bits per heavy atom. The minimum atomic E-state index is -0.234. The maximum absolute atomic E-state index is 10.8. The van der Waals surface area contributed by atoms with Gasteiger partial charge in [0.2, 0.25) is 5.91 Å². The van der Waals surface area contributed by atoms with Crippen molar-refractivity contribution in [3.8, 4) is 5.75 Å². The van der Waals surface area contributed by atoms with Gasteiger partial charge in [-0.1, -0.05) is 41.4 Å². The second-order valence-corrected chi connectivity index (χ2v) is 5.33. The molecule has 0 spiro atoms. The first kappa shape index (κ1) is 16.3. The Labute approximate surface area is 138 Å². The number of carbonyl (C=O) groups excluding carboxylic acids is 1. The van der Waals surface area contributed by atoms with Gasteiger partial charge in [-0.2, -0.15) is 5.10 Å². The third-order valence-electron chi connectivity index (χ3n) is 2.74. The minimum Gasteiger partial charge on any atom is -0.488 e. The first-order valence-corrected chi connectivity index (χ1v) is 7.27. The van der Waals surface area contributed by atoms with E-state index in [9.17, 15) is 4.79 Å². The number of nitrogens with one attached hydrogen (secondary N) is 1. The van der Waals surface area contributed by atoms with Crippen molar-refractivity contribution in [2.75, 3.05) is 0 Å². The standard InChI is InChI=1S/C16H14Cl2N2O2/c1-11(21)20-19-9-12-4-2-3-5-16(12)22-10-13-6-7-14(17)8-15(13)18/h2-9H,10H2,1H3,(H,20,21). The van der Waals surface area contributed by atoms with Crippen molar-refractivity contribution < 1.29 is 9.53 Å². The molecule has 2 aromatic carbocycles. The summed E-state index contributed by atoms with van der Waals surface area (Å²) >= 11 is 12.0. The van der Waals surface area contributed by atoms with E-state index in [2.05, 4.69) is 10.5 Å². The Morgan fingerprint density at radius 1 is 1.27 bits per heavy atom. The van der Waals surface area contributed by atoms with Crippen molar-refractivity contribution in [1.29, 1.82) is 0 Å². The molecule has 2 aromatic rings. The van der Waals surface area contributed by atoms with Crippen LogP contribution in [0.2, 0.25) is 10.0 Å². The third-order valence-corrected chi connectivity index (χ3v) is 3.33. The highest BCUT2D eigenvalue weighted by atomic mass is 35.5. The Kier molecular flexibility index (Phi) is 5.81. The van der Waals surface area contributed by atoms with E-state index >= 15 is 0 Å². The molecule has 6 heteroatoms. The van der Waals surface area contributed by atoms with Gasteiger partial charge in [0.25, 0.3) is 0 Å². The van der Waals surface area contributed by atoms with Gasteiger partial charge in [-0.05, 0) is 24.3 Å². The molecule has 0 aliphatic carbocycles. The summed E-state index contributed by atoms with van der Waals surface area (Å²) in [5.74, 6) is 0.408. The zero-order chi connectivity index (χ0) is 15.9. The largest absolute Gasteiger partial charge is 0.488 e. The van der Waals surface area contributed by atoms with Crippen molar-refractivity contribution >= 4 is 35.3 Å². The fourth-order valence-corrected chi connectivity index (χ4v) is 2.17. The van der Waals surface area contributed by atoms with Gasteiger partial charge in [0.05, 0.1) is 6.21 Å². The predicted molar refractivity (Wildman–Crippen MR) is 88.6 cm³/mol. The van der Waals surface area contributed by atoms with Crippen molar-refractivity contribution in [3.05, 3.63) is 63.6 Å². The molecule has 0 radical (unpaired) electrons. The maximum atomic E-state index is 10.8. The second-order valence-electron chi connectivity index (χ2n) is 4.49. The summed E-state index contributed by atoms with van der Waals surface area (Å²) in [4.78, 5) is 10.8. The molecule has 0 aromatic heterocycles. The van der Waals surface area contributed by atoms with Crippen LogP contribution >= 0.6 is 23.2 Å². The molecule has 0 saturated carbocycles. The van der Waals surface area contributed by atoms with Crippen LogP contribution in [0, 0.1) is 0 Å². The van der Waals surface area contributed by atoms with E-state index < -0.39 is 0 Å². The summed E-state index contributed by atoms with van der Waals surface area (Å²) in [6, 6.07) is 12.6. The SMILES string of the molecule is CC(=O)NN=Cc1ccccc1OCc1ccc(Cl)cc1Cl. The number of rotatable bonds is 5. The van der Waals surface area contributed by atoms with Gasteiger partial charge in [-0.25, -0.2) is 5.43 Å². The van der Waals surface area contributed by atoms with E-state index in [4.69, 9.17) is 27.9 Å². The molecule has 0 atom stereocenters. The lowest BCUT2D eigenvalue weighted by atomic mass is 10.2. The number of amides is 1. The Morgan fingerprint density at radius 3 is 2.77 bits per heavy atom. The quantitative estimate of drug-likeness (QED) is 0.661. The molecule has 0 aliphatic rings. The number of para-hydroxylation sites is 1. The van der Waals surface area contributed by atoms with E-state index in [1.807, 2.05) is 30.3 Å². The number of carbonyl (C=O) groups is 1. The first-order chi connectivity index (χ1) is 10.6. The number of hydrazone groups is 1.